The van der Waals surface area contributed by atoms with Gasteiger partial charge in [0.2, 0.25) is 0 Å². The molecule has 0 radical (unpaired) electrons. The average Bonchev–Trinajstić information content (AvgIpc) is 2.25. The summed E-state index contributed by atoms with van der Waals surface area (Å²) in [6.07, 6.45) is 2.99. The van der Waals surface area contributed by atoms with Crippen molar-refractivity contribution < 1.29 is 0 Å². The first-order valence-electron chi connectivity index (χ1n) is 5.30. The van der Waals surface area contributed by atoms with Crippen LogP contribution >= 0.6 is 0 Å². The molecule has 0 aromatic heterocycles. The SMILES string of the molecule is C=CCC(CNN(C)C)c1ccccc1. The monoisotopic (exact) mass is 204 g/mol. The lowest BCUT2D eigenvalue weighted by molar-refractivity contribution is 0.279. The lowest BCUT2D eigenvalue weighted by Crippen LogP contribution is -2.33. The molecule has 1 unspecified atom stereocenters. The molecule has 1 rings (SSSR count). The lowest BCUT2D eigenvalue weighted by Gasteiger charge is -2.19. The van der Waals surface area contributed by atoms with Gasteiger partial charge in [0, 0.05) is 26.6 Å². The largest absolute Gasteiger partial charge is 0.255 e. The highest BCUT2D eigenvalue weighted by molar-refractivity contribution is 5.20. The van der Waals surface area contributed by atoms with Crippen LogP contribution in [0.3, 0.4) is 0 Å². The summed E-state index contributed by atoms with van der Waals surface area (Å²) in [6.45, 7) is 4.76. The van der Waals surface area contributed by atoms with Crippen LogP contribution in [0.5, 0.6) is 0 Å². The molecule has 0 fully saturated rings. The van der Waals surface area contributed by atoms with E-state index >= 15 is 0 Å². The molecule has 1 N–H and O–H groups in total. The van der Waals surface area contributed by atoms with Gasteiger partial charge in [-0.2, -0.15) is 0 Å². The van der Waals surface area contributed by atoms with Crippen LogP contribution in [0.25, 0.3) is 0 Å². The Balaban J connectivity index is 2.61. The number of rotatable bonds is 6. The minimum Gasteiger partial charge on any atom is -0.255 e. The van der Waals surface area contributed by atoms with Crippen molar-refractivity contribution in [2.45, 2.75) is 12.3 Å². The highest BCUT2D eigenvalue weighted by Gasteiger charge is 2.08. The second kappa shape index (κ2) is 6.38. The third kappa shape index (κ3) is 4.28. The van der Waals surface area contributed by atoms with Crippen molar-refractivity contribution in [3.63, 3.8) is 0 Å². The van der Waals surface area contributed by atoms with Crippen LogP contribution in [0.15, 0.2) is 43.0 Å². The minimum atomic E-state index is 0.506. The van der Waals surface area contributed by atoms with Crippen molar-refractivity contribution in [2.24, 2.45) is 0 Å². The highest BCUT2D eigenvalue weighted by atomic mass is 15.5. The van der Waals surface area contributed by atoms with Crippen LogP contribution in [-0.2, 0) is 0 Å². The molecule has 2 nitrogen and oxygen atoms in total. The zero-order valence-corrected chi connectivity index (χ0v) is 9.61. The minimum absolute atomic E-state index is 0.506. The van der Waals surface area contributed by atoms with Gasteiger partial charge < -0.3 is 0 Å². The van der Waals surface area contributed by atoms with Gasteiger partial charge in [-0.05, 0) is 12.0 Å². The Morgan fingerprint density at radius 3 is 2.53 bits per heavy atom. The van der Waals surface area contributed by atoms with E-state index < -0.39 is 0 Å². The smallest absolute Gasteiger partial charge is 0.0174 e. The fraction of sp³-hybridized carbons (Fsp3) is 0.385. The van der Waals surface area contributed by atoms with Crippen molar-refractivity contribution in [2.75, 3.05) is 20.6 Å². The molecule has 0 heterocycles. The Kier molecular flexibility index (Phi) is 5.08. The Morgan fingerprint density at radius 1 is 1.33 bits per heavy atom. The van der Waals surface area contributed by atoms with E-state index in [0.29, 0.717) is 5.92 Å². The Bertz CT molecular complexity index is 280. The molecule has 0 aliphatic heterocycles. The summed E-state index contributed by atoms with van der Waals surface area (Å²) in [5.41, 5.74) is 4.68. The number of benzene rings is 1. The molecule has 0 aliphatic carbocycles. The van der Waals surface area contributed by atoms with Crippen LogP contribution in [0.4, 0.5) is 0 Å². The summed E-state index contributed by atoms with van der Waals surface area (Å²) < 4.78 is 0. The van der Waals surface area contributed by atoms with E-state index in [2.05, 4.69) is 36.3 Å². The molecule has 2 heteroatoms. The molecule has 0 aliphatic rings. The molecule has 15 heavy (non-hydrogen) atoms. The lowest BCUT2D eigenvalue weighted by atomic mass is 9.96. The first-order chi connectivity index (χ1) is 7.24. The molecule has 1 atom stereocenters. The first kappa shape index (κ1) is 12.0. The van der Waals surface area contributed by atoms with E-state index in [1.165, 1.54) is 5.56 Å². The number of nitrogens with zero attached hydrogens (tertiary/aromatic N) is 1. The van der Waals surface area contributed by atoms with Crippen LogP contribution in [0.2, 0.25) is 0 Å². The highest BCUT2D eigenvalue weighted by Crippen LogP contribution is 2.18. The maximum absolute atomic E-state index is 3.81. The third-order valence-electron chi connectivity index (χ3n) is 2.38. The maximum atomic E-state index is 3.81. The molecular weight excluding hydrogens is 184 g/mol. The summed E-state index contributed by atoms with van der Waals surface area (Å²) in [7, 11) is 4.02. The molecular formula is C13H20N2. The van der Waals surface area contributed by atoms with Gasteiger partial charge in [-0.15, -0.1) is 6.58 Å². The molecule has 0 bridgehead atoms. The van der Waals surface area contributed by atoms with E-state index in [1.807, 2.05) is 31.2 Å². The predicted octanol–water partition coefficient (Wildman–Crippen LogP) is 2.41. The quantitative estimate of drug-likeness (QED) is 0.565. The van der Waals surface area contributed by atoms with Crippen molar-refractivity contribution >= 4 is 0 Å². The summed E-state index contributed by atoms with van der Waals surface area (Å²) in [5.74, 6) is 0.506. The van der Waals surface area contributed by atoms with E-state index in [4.69, 9.17) is 0 Å². The average molecular weight is 204 g/mol. The van der Waals surface area contributed by atoms with Crippen LogP contribution < -0.4 is 5.43 Å². The second-order valence-electron chi connectivity index (χ2n) is 3.89. The molecule has 82 valence electrons. The van der Waals surface area contributed by atoms with Gasteiger partial charge in [-0.25, -0.2) is 0 Å². The van der Waals surface area contributed by atoms with Gasteiger partial charge in [0.15, 0.2) is 0 Å². The standard InChI is InChI=1S/C13H20N2/c1-4-8-13(11-14-15(2)3)12-9-6-5-7-10-12/h4-7,9-10,13-14H,1,8,11H2,2-3H3. The summed E-state index contributed by atoms with van der Waals surface area (Å²) in [5, 5.41) is 1.99. The Labute approximate surface area is 92.6 Å². The number of hydrogen-bond donors (Lipinski definition) is 1. The number of allylic oxidation sites excluding steroid dienone is 1. The van der Waals surface area contributed by atoms with E-state index in [1.54, 1.807) is 0 Å². The molecule has 1 aromatic rings. The topological polar surface area (TPSA) is 15.3 Å². The summed E-state index contributed by atoms with van der Waals surface area (Å²) >= 11 is 0. The van der Waals surface area contributed by atoms with Crippen molar-refractivity contribution in [1.82, 2.24) is 10.4 Å². The van der Waals surface area contributed by atoms with Crippen molar-refractivity contribution in [1.29, 1.82) is 0 Å². The molecule has 0 amide bonds. The first-order valence-corrected chi connectivity index (χ1v) is 5.30. The van der Waals surface area contributed by atoms with Crippen molar-refractivity contribution in [3.05, 3.63) is 48.6 Å². The van der Waals surface area contributed by atoms with Crippen LogP contribution in [0, 0.1) is 0 Å². The molecule has 0 spiro atoms. The van der Waals surface area contributed by atoms with Gasteiger partial charge in [0.1, 0.15) is 0 Å². The zero-order chi connectivity index (χ0) is 11.1. The van der Waals surface area contributed by atoms with E-state index in [9.17, 15) is 0 Å². The second-order valence-corrected chi connectivity index (χ2v) is 3.89. The Morgan fingerprint density at radius 2 is 2.00 bits per heavy atom. The molecule has 1 aromatic carbocycles. The van der Waals surface area contributed by atoms with E-state index in [-0.39, 0.29) is 0 Å². The van der Waals surface area contributed by atoms with Crippen LogP contribution in [-0.4, -0.2) is 25.6 Å². The van der Waals surface area contributed by atoms with Gasteiger partial charge in [-0.1, -0.05) is 36.4 Å². The number of hydrogen-bond acceptors (Lipinski definition) is 2. The normalized spacial score (nSPS) is 12.7. The van der Waals surface area contributed by atoms with Gasteiger partial charge in [0.05, 0.1) is 0 Å². The number of nitrogens with one attached hydrogen (secondary N) is 1. The maximum Gasteiger partial charge on any atom is 0.0174 e. The molecule has 0 saturated heterocycles. The predicted molar refractivity (Wildman–Crippen MR) is 65.7 cm³/mol. The van der Waals surface area contributed by atoms with Gasteiger partial charge in [0.25, 0.3) is 0 Å². The molecule has 0 saturated carbocycles. The third-order valence-corrected chi connectivity index (χ3v) is 2.38. The fourth-order valence-corrected chi connectivity index (χ4v) is 1.56. The van der Waals surface area contributed by atoms with E-state index in [0.717, 1.165) is 13.0 Å². The summed E-state index contributed by atoms with van der Waals surface area (Å²) in [4.78, 5) is 0. The summed E-state index contributed by atoms with van der Waals surface area (Å²) in [6, 6.07) is 10.6. The number of hydrazine groups is 1. The Hall–Kier alpha value is -1.12. The van der Waals surface area contributed by atoms with Crippen LogP contribution in [0.1, 0.15) is 17.9 Å². The van der Waals surface area contributed by atoms with Gasteiger partial charge in [-0.3, -0.25) is 10.4 Å². The van der Waals surface area contributed by atoms with Gasteiger partial charge >= 0.3 is 0 Å². The van der Waals surface area contributed by atoms with Crippen molar-refractivity contribution in [3.8, 4) is 0 Å². The zero-order valence-electron chi connectivity index (χ0n) is 9.61. The fourth-order valence-electron chi connectivity index (χ4n) is 1.56.